The molecule has 1 aromatic carbocycles. The van der Waals surface area contributed by atoms with Gasteiger partial charge in [-0.2, -0.15) is 0 Å². The molecule has 3 heterocycles. The molecule has 1 saturated heterocycles. The molecule has 30 heavy (non-hydrogen) atoms. The molecule has 1 aliphatic carbocycles. The Hall–Kier alpha value is -2.54. The second kappa shape index (κ2) is 8.30. The van der Waals surface area contributed by atoms with Gasteiger partial charge in [-0.1, -0.05) is 37.8 Å². The van der Waals surface area contributed by atoms with Gasteiger partial charge in [0.1, 0.15) is 6.04 Å². The molecule has 0 amide bonds. The summed E-state index contributed by atoms with van der Waals surface area (Å²) in [5.41, 5.74) is 2.73. The van der Waals surface area contributed by atoms with E-state index < -0.39 is 0 Å². The Kier molecular flexibility index (Phi) is 5.37. The zero-order valence-electron chi connectivity index (χ0n) is 17.7. The van der Waals surface area contributed by atoms with Crippen LogP contribution in [-0.4, -0.2) is 43.2 Å². The number of rotatable bonds is 4. The molecule has 7 heteroatoms. The van der Waals surface area contributed by atoms with Crippen LogP contribution in [0.1, 0.15) is 80.4 Å². The van der Waals surface area contributed by atoms with Crippen LogP contribution in [0.2, 0.25) is 0 Å². The summed E-state index contributed by atoms with van der Waals surface area (Å²) in [6.07, 6.45) is 9.47. The maximum Gasteiger partial charge on any atom is 0.253 e. The average molecular weight is 407 g/mol. The molecule has 158 valence electrons. The third kappa shape index (κ3) is 3.67. The van der Waals surface area contributed by atoms with Crippen molar-refractivity contribution in [2.45, 2.75) is 70.4 Å². The Bertz CT molecular complexity index is 1070. The van der Waals surface area contributed by atoms with Gasteiger partial charge >= 0.3 is 0 Å². The lowest BCUT2D eigenvalue weighted by molar-refractivity contribution is 0.171. The number of hydrogen-bond donors (Lipinski definition) is 1. The van der Waals surface area contributed by atoms with Gasteiger partial charge in [0.25, 0.3) is 5.56 Å². The summed E-state index contributed by atoms with van der Waals surface area (Å²) < 4.78 is 2.03. The minimum Gasteiger partial charge on any atom is -0.322 e. The standard InChI is InChI=1S/C23H30N6O/c1-16-10-11-17-15-19(23(30)24-20(17)14-16)21(28-12-6-3-7-13-28)22-25-26-27-29(22)18-8-4-2-5-9-18/h10-11,14-15,18,21H,2-9,12-13H2,1H3,(H,24,30)/t21-/m0/s1. The maximum absolute atomic E-state index is 13.3. The first-order valence-electron chi connectivity index (χ1n) is 11.4. The number of hydrogen-bond acceptors (Lipinski definition) is 5. The quantitative estimate of drug-likeness (QED) is 0.711. The SMILES string of the molecule is Cc1ccc2cc([C@@H](c3nnnn3C3CCCCC3)N3CCCCC3)c(=O)[nH]c2c1. The summed E-state index contributed by atoms with van der Waals surface area (Å²) in [5.74, 6) is 0.820. The molecule has 1 saturated carbocycles. The van der Waals surface area contributed by atoms with E-state index in [9.17, 15) is 4.79 Å². The van der Waals surface area contributed by atoms with Crippen molar-refractivity contribution in [1.29, 1.82) is 0 Å². The topological polar surface area (TPSA) is 79.7 Å². The molecule has 2 aromatic heterocycles. The van der Waals surface area contributed by atoms with Crippen LogP contribution in [0, 0.1) is 6.92 Å². The van der Waals surface area contributed by atoms with E-state index in [0.717, 1.165) is 66.6 Å². The van der Waals surface area contributed by atoms with E-state index in [1.54, 1.807) is 0 Å². The lowest BCUT2D eigenvalue weighted by Gasteiger charge is -2.34. The van der Waals surface area contributed by atoms with Crippen LogP contribution in [0.25, 0.3) is 10.9 Å². The molecular formula is C23H30N6O. The number of pyridine rings is 1. The highest BCUT2D eigenvalue weighted by Crippen LogP contribution is 2.34. The number of aromatic amines is 1. The molecule has 0 unspecified atom stereocenters. The smallest absolute Gasteiger partial charge is 0.253 e. The predicted molar refractivity (Wildman–Crippen MR) is 117 cm³/mol. The second-order valence-electron chi connectivity index (χ2n) is 8.92. The van der Waals surface area contributed by atoms with Gasteiger partial charge in [0, 0.05) is 11.1 Å². The third-order valence-corrected chi connectivity index (χ3v) is 6.76. The average Bonchev–Trinajstić information content (AvgIpc) is 3.25. The van der Waals surface area contributed by atoms with Crippen LogP contribution >= 0.6 is 0 Å². The molecule has 0 spiro atoms. The van der Waals surface area contributed by atoms with E-state index >= 15 is 0 Å². The number of nitrogens with zero attached hydrogens (tertiary/aromatic N) is 5. The molecule has 2 fully saturated rings. The summed E-state index contributed by atoms with van der Waals surface area (Å²) in [6, 6.07) is 8.37. The van der Waals surface area contributed by atoms with Crippen LogP contribution in [-0.2, 0) is 0 Å². The molecule has 0 radical (unpaired) electrons. The first-order valence-corrected chi connectivity index (χ1v) is 11.4. The highest BCUT2D eigenvalue weighted by molar-refractivity contribution is 5.79. The summed E-state index contributed by atoms with van der Waals surface area (Å²) in [4.78, 5) is 18.8. The molecule has 1 aliphatic heterocycles. The monoisotopic (exact) mass is 406 g/mol. The zero-order valence-corrected chi connectivity index (χ0v) is 17.7. The first-order chi connectivity index (χ1) is 14.7. The van der Waals surface area contributed by atoms with Gasteiger partial charge < -0.3 is 4.98 Å². The molecule has 0 bridgehead atoms. The highest BCUT2D eigenvalue weighted by atomic mass is 16.1. The van der Waals surface area contributed by atoms with Gasteiger partial charge in [0.15, 0.2) is 5.82 Å². The Morgan fingerprint density at radius 3 is 2.60 bits per heavy atom. The van der Waals surface area contributed by atoms with E-state index in [4.69, 9.17) is 0 Å². The van der Waals surface area contributed by atoms with Crippen LogP contribution in [0.15, 0.2) is 29.1 Å². The number of fused-ring (bicyclic) bond motifs is 1. The van der Waals surface area contributed by atoms with E-state index in [0.29, 0.717) is 6.04 Å². The Morgan fingerprint density at radius 1 is 1.03 bits per heavy atom. The number of aromatic nitrogens is 5. The highest BCUT2D eigenvalue weighted by Gasteiger charge is 2.33. The minimum absolute atomic E-state index is 0.0399. The number of tetrazole rings is 1. The normalized spacial score (nSPS) is 19.9. The Balaban J connectivity index is 1.63. The maximum atomic E-state index is 13.3. The number of H-pyrrole nitrogens is 1. The van der Waals surface area contributed by atoms with E-state index in [1.807, 2.05) is 23.7 Å². The summed E-state index contributed by atoms with van der Waals surface area (Å²) >= 11 is 0. The van der Waals surface area contributed by atoms with Gasteiger partial charge in [0.05, 0.1) is 6.04 Å². The number of benzene rings is 1. The van der Waals surface area contributed by atoms with Crippen LogP contribution in [0.3, 0.4) is 0 Å². The first kappa shape index (κ1) is 19.4. The second-order valence-corrected chi connectivity index (χ2v) is 8.92. The van der Waals surface area contributed by atoms with E-state index in [2.05, 4.69) is 37.5 Å². The van der Waals surface area contributed by atoms with Crippen molar-refractivity contribution in [3.8, 4) is 0 Å². The third-order valence-electron chi connectivity index (χ3n) is 6.76. The fraction of sp³-hybridized carbons (Fsp3) is 0.565. The summed E-state index contributed by atoms with van der Waals surface area (Å²) in [6.45, 7) is 3.97. The van der Waals surface area contributed by atoms with Gasteiger partial charge in [-0.25, -0.2) is 4.68 Å². The van der Waals surface area contributed by atoms with Crippen LogP contribution < -0.4 is 5.56 Å². The molecule has 2 aliphatic rings. The molecule has 1 atom stereocenters. The summed E-state index contributed by atoms with van der Waals surface area (Å²) in [5, 5.41) is 14.0. The predicted octanol–water partition coefficient (Wildman–Crippen LogP) is 3.90. The van der Waals surface area contributed by atoms with Crippen molar-refractivity contribution in [2.24, 2.45) is 0 Å². The fourth-order valence-corrected chi connectivity index (χ4v) is 5.18. The van der Waals surface area contributed by atoms with Crippen molar-refractivity contribution in [1.82, 2.24) is 30.1 Å². The van der Waals surface area contributed by atoms with Crippen molar-refractivity contribution < 1.29 is 0 Å². The lowest BCUT2D eigenvalue weighted by Crippen LogP contribution is -2.39. The van der Waals surface area contributed by atoms with Crippen LogP contribution in [0.4, 0.5) is 0 Å². The molecule has 5 rings (SSSR count). The minimum atomic E-state index is -0.211. The van der Waals surface area contributed by atoms with Gasteiger partial charge in [-0.05, 0) is 79.2 Å². The van der Waals surface area contributed by atoms with Gasteiger partial charge in [-0.3, -0.25) is 9.69 Å². The number of piperidine rings is 1. The number of nitrogens with one attached hydrogen (secondary N) is 1. The molecule has 3 aromatic rings. The van der Waals surface area contributed by atoms with E-state index in [-0.39, 0.29) is 11.6 Å². The van der Waals surface area contributed by atoms with Crippen molar-refractivity contribution >= 4 is 10.9 Å². The molecule has 1 N–H and O–H groups in total. The molecular weight excluding hydrogens is 376 g/mol. The van der Waals surface area contributed by atoms with Crippen molar-refractivity contribution in [2.75, 3.05) is 13.1 Å². The summed E-state index contributed by atoms with van der Waals surface area (Å²) in [7, 11) is 0. The Morgan fingerprint density at radius 2 is 1.80 bits per heavy atom. The van der Waals surface area contributed by atoms with Crippen LogP contribution in [0.5, 0.6) is 0 Å². The molecule has 7 nitrogen and oxygen atoms in total. The Labute approximate surface area is 176 Å². The van der Waals surface area contributed by atoms with E-state index in [1.165, 1.54) is 25.7 Å². The van der Waals surface area contributed by atoms with Crippen molar-refractivity contribution in [3.05, 3.63) is 51.6 Å². The largest absolute Gasteiger partial charge is 0.322 e. The number of likely N-dealkylation sites (tertiary alicyclic amines) is 1. The number of aryl methyl sites for hydroxylation is 1. The van der Waals surface area contributed by atoms with Gasteiger partial charge in [-0.15, -0.1) is 5.10 Å². The van der Waals surface area contributed by atoms with Crippen molar-refractivity contribution in [3.63, 3.8) is 0 Å². The fourth-order valence-electron chi connectivity index (χ4n) is 5.18. The lowest BCUT2D eigenvalue weighted by atomic mass is 9.94. The van der Waals surface area contributed by atoms with Gasteiger partial charge in [0.2, 0.25) is 0 Å². The zero-order chi connectivity index (χ0) is 20.5.